The summed E-state index contributed by atoms with van der Waals surface area (Å²) >= 11 is 5.83. The van der Waals surface area contributed by atoms with E-state index < -0.39 is 22.5 Å². The molecule has 0 aliphatic rings. The van der Waals surface area contributed by atoms with Crippen molar-refractivity contribution in [2.75, 3.05) is 5.32 Å². The summed E-state index contributed by atoms with van der Waals surface area (Å²) in [7, 11) is -2.91. The molecule has 2 rings (SSSR count). The van der Waals surface area contributed by atoms with Crippen LogP contribution in [0.3, 0.4) is 0 Å². The van der Waals surface area contributed by atoms with Gasteiger partial charge in [-0.05, 0) is 23.8 Å². The Morgan fingerprint density at radius 1 is 1.12 bits per heavy atom. The molecule has 7 nitrogen and oxygen atoms in total. The number of anilines is 1. The van der Waals surface area contributed by atoms with Crippen molar-refractivity contribution in [3.63, 3.8) is 0 Å². The second-order valence-corrected chi connectivity index (χ2v) is 5.54. The van der Waals surface area contributed by atoms with E-state index in [0.717, 1.165) is 5.56 Å². The van der Waals surface area contributed by atoms with E-state index in [1.165, 1.54) is 18.2 Å². The maximum Gasteiger partial charge on any atom is 0.360 e. The van der Waals surface area contributed by atoms with Crippen LogP contribution in [0.5, 0.6) is 0 Å². The maximum atomic E-state index is 12.2. The van der Waals surface area contributed by atoms with E-state index in [1.807, 2.05) is 18.2 Å². The zero-order valence-corrected chi connectivity index (χ0v) is 13.7. The molecule has 24 heavy (non-hydrogen) atoms. The summed E-state index contributed by atoms with van der Waals surface area (Å²) in [5.74, 6) is -0.700. The molecule has 2 amide bonds. The highest BCUT2D eigenvalue weighted by Crippen LogP contribution is 2.22. The van der Waals surface area contributed by atoms with Crippen molar-refractivity contribution in [2.24, 2.45) is 4.36 Å². The molecule has 0 saturated heterocycles. The Balaban J connectivity index is 2.18. The number of hydrogen-bond donors (Lipinski definition) is 1. The van der Waals surface area contributed by atoms with Gasteiger partial charge in [0.1, 0.15) is 6.61 Å². The minimum absolute atomic E-state index is 0.000221. The lowest BCUT2D eigenvalue weighted by Crippen LogP contribution is -2.13. The van der Waals surface area contributed by atoms with Gasteiger partial charge < -0.3 is 10.1 Å². The van der Waals surface area contributed by atoms with Gasteiger partial charge in [0.2, 0.25) is 0 Å². The average Bonchev–Trinajstić information content (AvgIpc) is 2.53. The van der Waals surface area contributed by atoms with E-state index in [9.17, 15) is 18.0 Å². The third kappa shape index (κ3) is 5.18. The topological polar surface area (TPSA) is 102 Å². The van der Waals surface area contributed by atoms with Gasteiger partial charge in [-0.1, -0.05) is 46.3 Å². The van der Waals surface area contributed by atoms with Crippen LogP contribution in [-0.2, 0) is 21.8 Å². The lowest BCUT2D eigenvalue weighted by Gasteiger charge is -2.10. The summed E-state index contributed by atoms with van der Waals surface area (Å²) in [4.78, 5) is 23.6. The van der Waals surface area contributed by atoms with Gasteiger partial charge in [-0.15, -0.1) is 0 Å². The molecule has 124 valence electrons. The first-order chi connectivity index (χ1) is 11.5. The Hall–Kier alpha value is -2.71. The number of carbonyl (C=O) groups is 2. The Morgan fingerprint density at radius 2 is 1.83 bits per heavy atom. The minimum Gasteiger partial charge on any atom is -0.457 e. The minimum atomic E-state index is -2.91. The fourth-order valence-electron chi connectivity index (χ4n) is 1.80. The van der Waals surface area contributed by atoms with Gasteiger partial charge in [0.05, 0.1) is 11.3 Å². The standard InChI is InChI=1S/C15H11ClN2O5S/c16-11-6-7-12(13(8-11)17-15(20)18-24(21)22)14(19)23-9-10-4-2-1-3-5-10/h1-8H,9H2,(H,17,20). The van der Waals surface area contributed by atoms with Crippen LogP contribution in [0.2, 0.25) is 5.02 Å². The number of nitrogens with zero attached hydrogens (tertiary/aromatic N) is 1. The fraction of sp³-hybridized carbons (Fsp3) is 0.0667. The predicted octanol–water partition coefficient (Wildman–Crippen LogP) is 3.29. The lowest BCUT2D eigenvalue weighted by molar-refractivity contribution is 0.0474. The second kappa shape index (κ2) is 8.23. The van der Waals surface area contributed by atoms with Crippen LogP contribution in [0.15, 0.2) is 52.9 Å². The van der Waals surface area contributed by atoms with Crippen molar-refractivity contribution >= 4 is 39.8 Å². The first-order valence-electron chi connectivity index (χ1n) is 6.58. The van der Waals surface area contributed by atoms with Gasteiger partial charge >= 0.3 is 22.5 Å². The van der Waals surface area contributed by atoms with Crippen LogP contribution >= 0.6 is 11.6 Å². The van der Waals surface area contributed by atoms with Crippen LogP contribution in [0, 0.1) is 0 Å². The molecule has 0 aromatic heterocycles. The van der Waals surface area contributed by atoms with E-state index >= 15 is 0 Å². The fourth-order valence-corrected chi connectivity index (χ4v) is 2.16. The Kier molecular flexibility index (Phi) is 6.05. The molecule has 0 unspecified atom stereocenters. The van der Waals surface area contributed by atoms with Crippen molar-refractivity contribution < 1.29 is 22.7 Å². The van der Waals surface area contributed by atoms with Gasteiger partial charge in [-0.25, -0.2) is 9.59 Å². The number of carbonyl (C=O) groups excluding carboxylic acids is 2. The number of rotatable bonds is 4. The third-order valence-electron chi connectivity index (χ3n) is 2.81. The number of ether oxygens (including phenoxy) is 1. The Morgan fingerprint density at radius 3 is 2.50 bits per heavy atom. The smallest absolute Gasteiger partial charge is 0.360 e. The SMILES string of the molecule is O=C(N=S(=O)=O)Nc1cc(Cl)ccc1C(=O)OCc1ccccc1. The van der Waals surface area contributed by atoms with Gasteiger partial charge in [0.25, 0.3) is 0 Å². The Bertz CT molecular complexity index is 889. The quantitative estimate of drug-likeness (QED) is 0.836. The summed E-state index contributed by atoms with van der Waals surface area (Å²) in [5.41, 5.74) is 0.817. The van der Waals surface area contributed by atoms with Crippen molar-refractivity contribution in [1.82, 2.24) is 0 Å². The van der Waals surface area contributed by atoms with E-state index in [1.54, 1.807) is 12.1 Å². The van der Waals surface area contributed by atoms with Crippen LogP contribution in [0.25, 0.3) is 0 Å². The molecular formula is C15H11ClN2O5S. The number of halogens is 1. The lowest BCUT2D eigenvalue weighted by atomic mass is 10.2. The highest BCUT2D eigenvalue weighted by molar-refractivity contribution is 7.62. The number of hydrogen-bond acceptors (Lipinski definition) is 5. The van der Waals surface area contributed by atoms with Gasteiger partial charge in [0.15, 0.2) is 0 Å². The first kappa shape index (κ1) is 17.6. The average molecular weight is 367 g/mol. The van der Waals surface area contributed by atoms with Gasteiger partial charge in [0, 0.05) is 5.02 Å². The van der Waals surface area contributed by atoms with Gasteiger partial charge in [-0.2, -0.15) is 8.42 Å². The molecule has 0 spiro atoms. The summed E-state index contributed by atoms with van der Waals surface area (Å²) < 4.78 is 28.7. The highest BCUT2D eigenvalue weighted by atomic mass is 35.5. The Labute approximate surface area is 143 Å². The largest absolute Gasteiger partial charge is 0.457 e. The monoisotopic (exact) mass is 366 g/mol. The van der Waals surface area contributed by atoms with E-state index in [2.05, 4.69) is 9.68 Å². The molecule has 0 bridgehead atoms. The van der Waals surface area contributed by atoms with Crippen molar-refractivity contribution in [1.29, 1.82) is 0 Å². The summed E-state index contributed by atoms with van der Waals surface area (Å²) in [6, 6.07) is 12.0. The normalized spacial score (nSPS) is 9.88. The maximum absolute atomic E-state index is 12.2. The molecular weight excluding hydrogens is 356 g/mol. The molecule has 0 atom stereocenters. The van der Waals surface area contributed by atoms with Crippen LogP contribution in [0.4, 0.5) is 10.5 Å². The number of nitrogens with one attached hydrogen (secondary N) is 1. The van der Waals surface area contributed by atoms with Crippen LogP contribution < -0.4 is 5.32 Å². The summed E-state index contributed by atoms with van der Waals surface area (Å²) in [5, 5.41) is 2.42. The van der Waals surface area contributed by atoms with Crippen molar-refractivity contribution in [3.05, 3.63) is 64.7 Å². The van der Waals surface area contributed by atoms with Crippen LogP contribution in [0.1, 0.15) is 15.9 Å². The molecule has 0 heterocycles. The molecule has 0 fully saturated rings. The second-order valence-electron chi connectivity index (χ2n) is 4.49. The van der Waals surface area contributed by atoms with Crippen molar-refractivity contribution in [2.45, 2.75) is 6.61 Å². The molecule has 0 saturated carbocycles. The van der Waals surface area contributed by atoms with E-state index in [-0.39, 0.29) is 22.9 Å². The van der Waals surface area contributed by atoms with Crippen molar-refractivity contribution in [3.8, 4) is 0 Å². The molecule has 0 aliphatic heterocycles. The van der Waals surface area contributed by atoms with Crippen LogP contribution in [-0.4, -0.2) is 20.4 Å². The van der Waals surface area contributed by atoms with Gasteiger partial charge in [-0.3, -0.25) is 0 Å². The molecule has 2 aromatic rings. The molecule has 0 aliphatic carbocycles. The zero-order chi connectivity index (χ0) is 17.5. The summed E-state index contributed by atoms with van der Waals surface area (Å²) in [6.07, 6.45) is 0. The highest BCUT2D eigenvalue weighted by Gasteiger charge is 2.15. The number of amides is 2. The first-order valence-corrected chi connectivity index (χ1v) is 7.99. The van der Waals surface area contributed by atoms with E-state index in [0.29, 0.717) is 0 Å². The number of esters is 1. The zero-order valence-electron chi connectivity index (χ0n) is 12.1. The number of benzene rings is 2. The third-order valence-corrected chi connectivity index (χ3v) is 3.36. The molecule has 1 N–H and O–H groups in total. The molecule has 2 aromatic carbocycles. The molecule has 0 radical (unpaired) electrons. The van der Waals surface area contributed by atoms with E-state index in [4.69, 9.17) is 16.3 Å². The number of urea groups is 1. The summed E-state index contributed by atoms with van der Waals surface area (Å²) in [6.45, 7) is 0.0463. The molecule has 9 heteroatoms. The predicted molar refractivity (Wildman–Crippen MR) is 87.4 cm³/mol.